The van der Waals surface area contributed by atoms with Crippen molar-refractivity contribution in [2.24, 2.45) is 0 Å². The Morgan fingerprint density at radius 1 is 1.04 bits per heavy atom. The topological polar surface area (TPSA) is 85.4 Å². The van der Waals surface area contributed by atoms with Gasteiger partial charge in [-0.25, -0.2) is 0 Å². The average molecular weight is 346 g/mol. The first-order chi connectivity index (χ1) is 12.5. The van der Waals surface area contributed by atoms with E-state index in [1.54, 1.807) is 31.2 Å². The molecule has 6 heteroatoms. The maximum atomic E-state index is 12.7. The molecule has 0 bridgehead atoms. The third kappa shape index (κ3) is 2.57. The summed E-state index contributed by atoms with van der Waals surface area (Å²) in [4.78, 5) is 23.3. The molecule has 0 aliphatic carbocycles. The van der Waals surface area contributed by atoms with Gasteiger partial charge in [0.2, 0.25) is 0 Å². The summed E-state index contributed by atoms with van der Waals surface area (Å²) in [5, 5.41) is 15.6. The predicted octanol–water partition coefficient (Wildman–Crippen LogP) is 5.05. The number of nitrogens with zero attached hydrogens (tertiary/aromatic N) is 1. The van der Waals surface area contributed by atoms with Gasteiger partial charge in [0.15, 0.2) is 0 Å². The molecular formula is C20H14N2O4. The number of carbonyl (C=O) groups excluding carboxylic acids is 1. The Morgan fingerprint density at radius 3 is 2.62 bits per heavy atom. The van der Waals surface area contributed by atoms with Gasteiger partial charge in [0, 0.05) is 28.1 Å². The molecule has 6 nitrogen and oxygen atoms in total. The molecule has 1 aromatic heterocycles. The lowest BCUT2D eigenvalue weighted by molar-refractivity contribution is -0.385. The zero-order valence-corrected chi connectivity index (χ0v) is 13.9. The third-order valence-corrected chi connectivity index (χ3v) is 4.31. The minimum Gasteiger partial charge on any atom is -0.455 e. The molecule has 0 atom stereocenters. The van der Waals surface area contributed by atoms with E-state index in [1.807, 2.05) is 30.3 Å². The molecule has 3 aromatic carbocycles. The molecule has 128 valence electrons. The first kappa shape index (κ1) is 15.8. The molecule has 1 amide bonds. The number of fused-ring (bicyclic) bond motifs is 3. The lowest BCUT2D eigenvalue weighted by atomic mass is 10.1. The number of hydrogen-bond donors (Lipinski definition) is 1. The quantitative estimate of drug-likeness (QED) is 0.415. The van der Waals surface area contributed by atoms with Crippen LogP contribution in [0.4, 0.5) is 11.4 Å². The van der Waals surface area contributed by atoms with E-state index >= 15 is 0 Å². The number of anilines is 1. The van der Waals surface area contributed by atoms with Crippen LogP contribution in [0.3, 0.4) is 0 Å². The van der Waals surface area contributed by atoms with Gasteiger partial charge in [-0.05, 0) is 25.1 Å². The molecule has 0 aliphatic rings. The van der Waals surface area contributed by atoms with Crippen molar-refractivity contribution in [1.29, 1.82) is 0 Å². The Balaban J connectivity index is 1.75. The first-order valence-electron chi connectivity index (χ1n) is 8.01. The van der Waals surface area contributed by atoms with Gasteiger partial charge in [-0.3, -0.25) is 14.9 Å². The summed E-state index contributed by atoms with van der Waals surface area (Å²) in [6.45, 7) is 1.65. The number of para-hydroxylation sites is 2. The fraction of sp³-hybridized carbons (Fsp3) is 0.0500. The van der Waals surface area contributed by atoms with Gasteiger partial charge < -0.3 is 9.73 Å². The molecule has 26 heavy (non-hydrogen) atoms. The van der Waals surface area contributed by atoms with Gasteiger partial charge in [-0.1, -0.05) is 36.4 Å². The second-order valence-electron chi connectivity index (χ2n) is 5.99. The summed E-state index contributed by atoms with van der Waals surface area (Å²) in [6, 6.07) is 17.5. The maximum Gasteiger partial charge on any atom is 0.274 e. The molecule has 0 unspecified atom stereocenters. The number of amides is 1. The number of nitro benzene ring substituents is 1. The second-order valence-corrected chi connectivity index (χ2v) is 5.99. The monoisotopic (exact) mass is 346 g/mol. The average Bonchev–Trinajstić information content (AvgIpc) is 3.01. The number of hydrogen-bond acceptors (Lipinski definition) is 4. The highest BCUT2D eigenvalue weighted by Gasteiger charge is 2.17. The SMILES string of the molecule is Cc1ccc(NC(=O)c2cccc3c2oc2ccccc23)cc1[N+](=O)[O-]. The van der Waals surface area contributed by atoms with Crippen LogP contribution in [-0.2, 0) is 0 Å². The van der Waals surface area contributed by atoms with Gasteiger partial charge >= 0.3 is 0 Å². The zero-order valence-electron chi connectivity index (χ0n) is 13.9. The highest BCUT2D eigenvalue weighted by Crippen LogP contribution is 2.31. The van der Waals surface area contributed by atoms with Crippen LogP contribution in [0.2, 0.25) is 0 Å². The van der Waals surface area contributed by atoms with Gasteiger partial charge in [0.25, 0.3) is 11.6 Å². The van der Waals surface area contributed by atoms with Crippen molar-refractivity contribution >= 4 is 39.2 Å². The standard InChI is InChI=1S/C20H14N2O4/c1-12-9-10-13(11-17(12)22(24)25)21-20(23)16-7-4-6-15-14-5-2-3-8-18(14)26-19(15)16/h2-11H,1H3,(H,21,23). The van der Waals surface area contributed by atoms with E-state index in [0.29, 0.717) is 28.0 Å². The van der Waals surface area contributed by atoms with Crippen LogP contribution in [0.1, 0.15) is 15.9 Å². The number of nitro groups is 1. The van der Waals surface area contributed by atoms with Crippen LogP contribution in [0, 0.1) is 17.0 Å². The van der Waals surface area contributed by atoms with Gasteiger partial charge in [-0.15, -0.1) is 0 Å². The normalized spacial score (nSPS) is 11.0. The Bertz CT molecular complexity index is 1180. The second kappa shape index (κ2) is 6.00. The van der Waals surface area contributed by atoms with Crippen molar-refractivity contribution in [2.45, 2.75) is 6.92 Å². The third-order valence-electron chi connectivity index (χ3n) is 4.31. The summed E-state index contributed by atoms with van der Waals surface area (Å²) in [5.41, 5.74) is 2.43. The van der Waals surface area contributed by atoms with Crippen LogP contribution < -0.4 is 5.32 Å². The van der Waals surface area contributed by atoms with Crippen LogP contribution in [0.15, 0.2) is 65.1 Å². The minimum absolute atomic E-state index is 0.0373. The molecule has 0 saturated carbocycles. The molecule has 0 aliphatic heterocycles. The van der Waals surface area contributed by atoms with Crippen molar-refractivity contribution < 1.29 is 14.1 Å². The van der Waals surface area contributed by atoms with E-state index in [-0.39, 0.29) is 11.6 Å². The summed E-state index contributed by atoms with van der Waals surface area (Å²) < 4.78 is 5.85. The Hall–Kier alpha value is -3.67. The smallest absolute Gasteiger partial charge is 0.274 e. The molecule has 4 aromatic rings. The lowest BCUT2D eigenvalue weighted by Crippen LogP contribution is -2.12. The summed E-state index contributed by atoms with van der Waals surface area (Å²) in [5.74, 6) is -0.382. The number of aryl methyl sites for hydroxylation is 1. The molecular weight excluding hydrogens is 332 g/mol. The summed E-state index contributed by atoms with van der Waals surface area (Å²) in [7, 11) is 0. The predicted molar refractivity (Wildman–Crippen MR) is 99.5 cm³/mol. The largest absolute Gasteiger partial charge is 0.455 e. The zero-order chi connectivity index (χ0) is 18.3. The number of carbonyl (C=O) groups is 1. The van der Waals surface area contributed by atoms with E-state index in [2.05, 4.69) is 5.32 Å². The Kier molecular flexibility index (Phi) is 3.65. The van der Waals surface area contributed by atoms with Crippen molar-refractivity contribution in [1.82, 2.24) is 0 Å². The summed E-state index contributed by atoms with van der Waals surface area (Å²) in [6.07, 6.45) is 0. The Labute approximate surface area is 148 Å². The first-order valence-corrected chi connectivity index (χ1v) is 8.01. The molecule has 4 rings (SSSR count). The van der Waals surface area contributed by atoms with Gasteiger partial charge in [0.1, 0.15) is 11.2 Å². The van der Waals surface area contributed by atoms with Crippen LogP contribution in [0.5, 0.6) is 0 Å². The van der Waals surface area contributed by atoms with Gasteiger partial charge in [-0.2, -0.15) is 0 Å². The number of furan rings is 1. The molecule has 0 fully saturated rings. The molecule has 0 saturated heterocycles. The van der Waals surface area contributed by atoms with Crippen molar-refractivity contribution in [2.75, 3.05) is 5.32 Å². The van der Waals surface area contributed by atoms with Crippen molar-refractivity contribution in [3.8, 4) is 0 Å². The van der Waals surface area contributed by atoms with Crippen molar-refractivity contribution in [3.63, 3.8) is 0 Å². The molecule has 1 heterocycles. The van der Waals surface area contributed by atoms with E-state index in [0.717, 1.165) is 10.8 Å². The van der Waals surface area contributed by atoms with E-state index in [1.165, 1.54) is 6.07 Å². The maximum absolute atomic E-state index is 12.7. The van der Waals surface area contributed by atoms with Crippen LogP contribution in [-0.4, -0.2) is 10.8 Å². The van der Waals surface area contributed by atoms with E-state index in [4.69, 9.17) is 4.42 Å². The Morgan fingerprint density at radius 2 is 1.81 bits per heavy atom. The van der Waals surface area contributed by atoms with Crippen LogP contribution in [0.25, 0.3) is 21.9 Å². The fourth-order valence-electron chi connectivity index (χ4n) is 3.01. The van der Waals surface area contributed by atoms with Crippen molar-refractivity contribution in [3.05, 3.63) is 81.9 Å². The van der Waals surface area contributed by atoms with Crippen LogP contribution >= 0.6 is 0 Å². The van der Waals surface area contributed by atoms with Gasteiger partial charge in [0.05, 0.1) is 10.5 Å². The molecule has 0 spiro atoms. The summed E-state index contributed by atoms with van der Waals surface area (Å²) >= 11 is 0. The number of nitrogens with one attached hydrogen (secondary N) is 1. The number of benzene rings is 3. The van der Waals surface area contributed by atoms with E-state index in [9.17, 15) is 14.9 Å². The highest BCUT2D eigenvalue weighted by molar-refractivity contribution is 6.16. The molecule has 0 radical (unpaired) electrons. The number of rotatable bonds is 3. The fourth-order valence-corrected chi connectivity index (χ4v) is 3.01. The highest BCUT2D eigenvalue weighted by atomic mass is 16.6. The molecule has 1 N–H and O–H groups in total. The minimum atomic E-state index is -0.467. The lowest BCUT2D eigenvalue weighted by Gasteiger charge is -2.06. The van der Waals surface area contributed by atoms with E-state index < -0.39 is 4.92 Å².